The van der Waals surface area contributed by atoms with Gasteiger partial charge >= 0.3 is 6.09 Å². The van der Waals surface area contributed by atoms with Crippen LogP contribution in [0.3, 0.4) is 0 Å². The van der Waals surface area contributed by atoms with E-state index in [2.05, 4.69) is 0 Å². The number of ether oxygens (including phenoxy) is 1. The summed E-state index contributed by atoms with van der Waals surface area (Å²) < 4.78 is 5.37. The minimum Gasteiger partial charge on any atom is -0.445 e. The highest BCUT2D eigenvalue weighted by Crippen LogP contribution is 2.52. The lowest BCUT2D eigenvalue weighted by Gasteiger charge is -2.26. The molecule has 0 saturated heterocycles. The number of carbonyl (C=O) groups is 1. The van der Waals surface area contributed by atoms with Crippen molar-refractivity contribution in [2.45, 2.75) is 32.3 Å². The number of amides is 1. The van der Waals surface area contributed by atoms with Crippen molar-refractivity contribution in [3.63, 3.8) is 0 Å². The van der Waals surface area contributed by atoms with Crippen LogP contribution >= 0.6 is 0 Å². The standard InChI is InChI=1S/C17H23NO2/c1-18(11-15-9-5-8-14-10-16(14)15)17(19)20-12-13-6-3-2-4-7-13/h2-4,6-7,14-16H,5,8-12H2,1H3. The van der Waals surface area contributed by atoms with Crippen LogP contribution in [0.5, 0.6) is 0 Å². The van der Waals surface area contributed by atoms with Crippen molar-refractivity contribution in [2.24, 2.45) is 17.8 Å². The fourth-order valence-electron chi connectivity index (χ4n) is 3.52. The lowest BCUT2D eigenvalue weighted by atomic mass is 9.89. The van der Waals surface area contributed by atoms with E-state index < -0.39 is 0 Å². The van der Waals surface area contributed by atoms with Gasteiger partial charge in [-0.15, -0.1) is 0 Å². The van der Waals surface area contributed by atoms with Crippen LogP contribution in [-0.2, 0) is 11.3 Å². The van der Waals surface area contributed by atoms with E-state index in [1.54, 1.807) is 4.90 Å². The lowest BCUT2D eigenvalue weighted by molar-refractivity contribution is 0.0954. The zero-order chi connectivity index (χ0) is 13.9. The first kappa shape index (κ1) is 13.5. The molecule has 3 heteroatoms. The summed E-state index contributed by atoms with van der Waals surface area (Å²) in [5.74, 6) is 2.54. The summed E-state index contributed by atoms with van der Waals surface area (Å²) in [5, 5.41) is 0. The van der Waals surface area contributed by atoms with Gasteiger partial charge in [-0.25, -0.2) is 4.79 Å². The SMILES string of the molecule is CN(CC1CCCC2CC21)C(=O)OCc1ccccc1. The van der Waals surface area contributed by atoms with Crippen LogP contribution in [0.4, 0.5) is 4.79 Å². The van der Waals surface area contributed by atoms with Crippen LogP contribution in [0.25, 0.3) is 0 Å². The van der Waals surface area contributed by atoms with Gasteiger partial charge in [0.25, 0.3) is 0 Å². The van der Waals surface area contributed by atoms with Gasteiger partial charge in [-0.05, 0) is 36.2 Å². The van der Waals surface area contributed by atoms with Crippen molar-refractivity contribution in [2.75, 3.05) is 13.6 Å². The summed E-state index contributed by atoms with van der Waals surface area (Å²) in [6.07, 6.45) is 5.20. The molecule has 3 rings (SSSR count). The molecule has 1 amide bonds. The maximum Gasteiger partial charge on any atom is 0.409 e. The van der Waals surface area contributed by atoms with E-state index in [4.69, 9.17) is 4.74 Å². The molecule has 2 fully saturated rings. The predicted molar refractivity (Wildman–Crippen MR) is 78.2 cm³/mol. The minimum atomic E-state index is -0.198. The molecule has 0 N–H and O–H groups in total. The molecule has 0 aromatic heterocycles. The van der Waals surface area contributed by atoms with Gasteiger partial charge in [-0.1, -0.05) is 43.2 Å². The van der Waals surface area contributed by atoms with E-state index >= 15 is 0 Å². The Morgan fingerprint density at radius 2 is 2.10 bits per heavy atom. The third kappa shape index (κ3) is 3.14. The molecule has 2 aliphatic carbocycles. The van der Waals surface area contributed by atoms with Crippen LogP contribution in [0.15, 0.2) is 30.3 Å². The van der Waals surface area contributed by atoms with Crippen molar-refractivity contribution >= 4 is 6.09 Å². The van der Waals surface area contributed by atoms with E-state index in [-0.39, 0.29) is 6.09 Å². The maximum atomic E-state index is 12.0. The second-order valence-electron chi connectivity index (χ2n) is 6.27. The van der Waals surface area contributed by atoms with Gasteiger partial charge in [0.05, 0.1) is 0 Å². The highest BCUT2D eigenvalue weighted by molar-refractivity contribution is 5.67. The van der Waals surface area contributed by atoms with Gasteiger partial charge < -0.3 is 9.64 Å². The predicted octanol–water partition coefficient (Wildman–Crippen LogP) is 3.69. The second-order valence-corrected chi connectivity index (χ2v) is 6.27. The summed E-state index contributed by atoms with van der Waals surface area (Å²) >= 11 is 0. The molecule has 0 spiro atoms. The van der Waals surface area contributed by atoms with Gasteiger partial charge in [0.2, 0.25) is 0 Å². The van der Waals surface area contributed by atoms with Crippen LogP contribution < -0.4 is 0 Å². The lowest BCUT2D eigenvalue weighted by Crippen LogP contribution is -2.34. The molecular weight excluding hydrogens is 250 g/mol. The molecular formula is C17H23NO2. The van der Waals surface area contributed by atoms with E-state index in [1.807, 2.05) is 37.4 Å². The molecule has 1 aromatic carbocycles. The number of carbonyl (C=O) groups excluding carboxylic acids is 1. The van der Waals surface area contributed by atoms with Gasteiger partial charge in [-0.2, -0.15) is 0 Å². The van der Waals surface area contributed by atoms with Crippen LogP contribution in [0.2, 0.25) is 0 Å². The number of rotatable bonds is 4. The summed E-state index contributed by atoms with van der Waals surface area (Å²) in [6.45, 7) is 1.22. The normalized spacial score (nSPS) is 27.6. The Hall–Kier alpha value is -1.51. The monoisotopic (exact) mass is 273 g/mol. The van der Waals surface area contributed by atoms with Crippen molar-refractivity contribution in [3.05, 3.63) is 35.9 Å². The fourth-order valence-corrected chi connectivity index (χ4v) is 3.52. The molecule has 3 atom stereocenters. The second kappa shape index (κ2) is 5.86. The van der Waals surface area contributed by atoms with Gasteiger partial charge in [0, 0.05) is 13.6 Å². The Balaban J connectivity index is 1.44. The average molecular weight is 273 g/mol. The van der Waals surface area contributed by atoms with Crippen molar-refractivity contribution in [1.29, 1.82) is 0 Å². The third-order valence-electron chi connectivity index (χ3n) is 4.76. The molecule has 2 aliphatic rings. The maximum absolute atomic E-state index is 12.0. The number of hydrogen-bond donors (Lipinski definition) is 0. The fraction of sp³-hybridized carbons (Fsp3) is 0.588. The topological polar surface area (TPSA) is 29.5 Å². The average Bonchev–Trinajstić information content (AvgIpc) is 3.26. The molecule has 0 radical (unpaired) electrons. The molecule has 0 bridgehead atoms. The van der Waals surface area contributed by atoms with Gasteiger partial charge in [-0.3, -0.25) is 0 Å². The zero-order valence-electron chi connectivity index (χ0n) is 12.1. The van der Waals surface area contributed by atoms with Crippen molar-refractivity contribution < 1.29 is 9.53 Å². The molecule has 1 aromatic rings. The van der Waals surface area contributed by atoms with E-state index in [0.29, 0.717) is 12.5 Å². The quantitative estimate of drug-likeness (QED) is 0.837. The molecule has 0 heterocycles. The minimum absolute atomic E-state index is 0.198. The first-order valence-corrected chi connectivity index (χ1v) is 7.66. The molecule has 2 saturated carbocycles. The first-order chi connectivity index (χ1) is 9.74. The zero-order valence-corrected chi connectivity index (χ0v) is 12.1. The van der Waals surface area contributed by atoms with E-state index in [0.717, 1.165) is 23.9 Å². The van der Waals surface area contributed by atoms with Crippen LogP contribution in [0, 0.1) is 17.8 Å². The van der Waals surface area contributed by atoms with E-state index in [1.165, 1.54) is 25.7 Å². The summed E-state index contributed by atoms with van der Waals surface area (Å²) in [4.78, 5) is 13.8. The summed E-state index contributed by atoms with van der Waals surface area (Å²) in [7, 11) is 1.86. The molecule has 0 aliphatic heterocycles. The first-order valence-electron chi connectivity index (χ1n) is 7.66. The van der Waals surface area contributed by atoms with Gasteiger partial charge in [0.1, 0.15) is 6.61 Å². The van der Waals surface area contributed by atoms with Gasteiger partial charge in [0.15, 0.2) is 0 Å². The molecule has 3 unspecified atom stereocenters. The Morgan fingerprint density at radius 1 is 1.30 bits per heavy atom. The third-order valence-corrected chi connectivity index (χ3v) is 4.76. The van der Waals surface area contributed by atoms with Crippen molar-refractivity contribution in [3.8, 4) is 0 Å². The van der Waals surface area contributed by atoms with Crippen molar-refractivity contribution in [1.82, 2.24) is 4.90 Å². The highest BCUT2D eigenvalue weighted by atomic mass is 16.6. The smallest absolute Gasteiger partial charge is 0.409 e. The Labute approximate surface area is 120 Å². The Kier molecular flexibility index (Phi) is 3.95. The number of hydrogen-bond acceptors (Lipinski definition) is 2. The highest BCUT2D eigenvalue weighted by Gasteiger charge is 2.45. The van der Waals surface area contributed by atoms with Crippen LogP contribution in [-0.4, -0.2) is 24.6 Å². The molecule has 20 heavy (non-hydrogen) atoms. The largest absolute Gasteiger partial charge is 0.445 e. The number of fused-ring (bicyclic) bond motifs is 1. The summed E-state index contributed by atoms with van der Waals surface area (Å²) in [6, 6.07) is 9.84. The molecule has 108 valence electrons. The van der Waals surface area contributed by atoms with Crippen LogP contribution in [0.1, 0.15) is 31.2 Å². The summed E-state index contributed by atoms with van der Waals surface area (Å²) in [5.41, 5.74) is 1.04. The Bertz CT molecular complexity index is 459. The number of nitrogens with zero attached hydrogens (tertiary/aromatic N) is 1. The number of benzene rings is 1. The van der Waals surface area contributed by atoms with E-state index in [9.17, 15) is 4.79 Å². The molecule has 3 nitrogen and oxygen atoms in total. The Morgan fingerprint density at radius 3 is 2.90 bits per heavy atom.